The second-order valence-electron chi connectivity index (χ2n) is 5.98. The molecule has 7 heteroatoms. The molecule has 6 nitrogen and oxygen atoms in total. The van der Waals surface area contributed by atoms with Crippen molar-refractivity contribution in [1.29, 1.82) is 0 Å². The fraction of sp³-hybridized carbons (Fsp3) is 0.812. The van der Waals surface area contributed by atoms with Crippen LogP contribution in [-0.4, -0.2) is 44.0 Å². The number of quaternary nitrogens is 1. The second kappa shape index (κ2) is 12.6. The Balaban J connectivity index is 0.000000433. The zero-order valence-electron chi connectivity index (χ0n) is 14.7. The zero-order valence-corrected chi connectivity index (χ0v) is 15.6. The van der Waals surface area contributed by atoms with E-state index in [-0.39, 0.29) is 6.61 Å². The third-order valence-corrected chi connectivity index (χ3v) is 4.00. The third-order valence-electron chi connectivity index (χ3n) is 3.54. The Bertz CT molecular complexity index is 435. The summed E-state index contributed by atoms with van der Waals surface area (Å²) in [5, 5.41) is 0. The van der Waals surface area contributed by atoms with Gasteiger partial charge in [0.05, 0.1) is 26.4 Å². The maximum atomic E-state index is 9.99. The van der Waals surface area contributed by atoms with E-state index < -0.39 is 10.4 Å². The number of aliphatic imine (C=N–C) groups is 1. The van der Waals surface area contributed by atoms with Gasteiger partial charge in [0, 0.05) is 0 Å². The van der Waals surface area contributed by atoms with E-state index in [9.17, 15) is 13.0 Å². The van der Waals surface area contributed by atoms with Gasteiger partial charge in [0.25, 0.3) is 0 Å². The molecule has 1 heterocycles. The van der Waals surface area contributed by atoms with E-state index in [1.165, 1.54) is 38.6 Å². The van der Waals surface area contributed by atoms with Crippen LogP contribution in [0.15, 0.2) is 17.4 Å². The molecule has 136 valence electrons. The molecule has 0 aromatic heterocycles. The van der Waals surface area contributed by atoms with E-state index in [0.29, 0.717) is 6.42 Å². The van der Waals surface area contributed by atoms with Gasteiger partial charge in [-0.15, -0.1) is 0 Å². The molecule has 1 aliphatic heterocycles. The molecule has 0 saturated heterocycles. The maximum absolute atomic E-state index is 9.99. The lowest BCUT2D eigenvalue weighted by atomic mass is 10.1. The van der Waals surface area contributed by atoms with Gasteiger partial charge in [-0.25, -0.2) is 13.4 Å². The first kappa shape index (κ1) is 22.2. The smallest absolute Gasteiger partial charge is 0.217 e. The molecule has 1 atom stereocenters. The van der Waals surface area contributed by atoms with E-state index in [0.717, 1.165) is 17.3 Å². The Kier molecular flexibility index (Phi) is 12.2. The number of unbranched alkanes of at least 4 members (excludes halogenated alkanes) is 6. The van der Waals surface area contributed by atoms with Gasteiger partial charge in [0.1, 0.15) is 6.20 Å². The van der Waals surface area contributed by atoms with Crippen LogP contribution in [0, 0.1) is 0 Å². The normalized spacial score (nSPS) is 19.7. The highest BCUT2D eigenvalue weighted by atomic mass is 32.3. The van der Waals surface area contributed by atoms with E-state index in [4.69, 9.17) is 0 Å². The molecule has 0 bridgehead atoms. The molecule has 1 unspecified atom stereocenters. The molecule has 0 fully saturated rings. The topological polar surface area (TPSA) is 78.8 Å². The van der Waals surface area contributed by atoms with Crippen molar-refractivity contribution >= 4 is 16.7 Å². The monoisotopic (exact) mass is 348 g/mol. The Labute approximate surface area is 141 Å². The van der Waals surface area contributed by atoms with Gasteiger partial charge in [-0.1, -0.05) is 52.4 Å². The van der Waals surface area contributed by atoms with Gasteiger partial charge in [0.2, 0.25) is 10.4 Å². The summed E-state index contributed by atoms with van der Waals surface area (Å²) >= 11 is 0. The van der Waals surface area contributed by atoms with Crippen molar-refractivity contribution in [2.24, 2.45) is 4.99 Å². The second-order valence-corrected chi connectivity index (χ2v) is 7.04. The molecule has 0 N–H and O–H groups in total. The zero-order chi connectivity index (χ0) is 17.6. The summed E-state index contributed by atoms with van der Waals surface area (Å²) in [4.78, 5) is 4.06. The van der Waals surface area contributed by atoms with Gasteiger partial charge in [0.15, 0.2) is 6.34 Å². The molecular formula is C16H32N2O4S. The minimum Gasteiger partial charge on any atom is -0.726 e. The highest BCUT2D eigenvalue weighted by Gasteiger charge is 2.17. The summed E-state index contributed by atoms with van der Waals surface area (Å²) in [6, 6.07) is 0. The summed E-state index contributed by atoms with van der Waals surface area (Å²) in [6.07, 6.45) is 14.7. The van der Waals surface area contributed by atoms with Crippen LogP contribution in [0.25, 0.3) is 0 Å². The van der Waals surface area contributed by atoms with Crippen LogP contribution < -0.4 is 0 Å². The van der Waals surface area contributed by atoms with Crippen LogP contribution in [0.4, 0.5) is 0 Å². The predicted octanol–water partition coefficient (Wildman–Crippen LogP) is 3.57. The lowest BCUT2D eigenvalue weighted by molar-refractivity contribution is -0.756. The molecule has 0 radical (unpaired) electrons. The van der Waals surface area contributed by atoms with Crippen molar-refractivity contribution in [2.75, 3.05) is 20.2 Å². The summed E-state index contributed by atoms with van der Waals surface area (Å²) in [5.41, 5.74) is 0. The quantitative estimate of drug-likeness (QED) is 0.247. The molecule has 0 spiro atoms. The van der Waals surface area contributed by atoms with Crippen LogP contribution in [0.3, 0.4) is 0 Å². The van der Waals surface area contributed by atoms with E-state index in [1.54, 1.807) is 0 Å². The largest absolute Gasteiger partial charge is 0.726 e. The molecule has 0 amide bonds. The first-order valence-electron chi connectivity index (χ1n) is 8.50. The SMILES string of the molecule is CCCCCCCCOS(=O)(=O)[O-].CCCC[N+]1(C)C=CN=C1. The fourth-order valence-corrected chi connectivity index (χ4v) is 2.42. The van der Waals surface area contributed by atoms with Gasteiger partial charge in [-0.05, 0) is 12.8 Å². The Morgan fingerprint density at radius 2 is 1.65 bits per heavy atom. The molecule has 23 heavy (non-hydrogen) atoms. The lowest BCUT2D eigenvalue weighted by Gasteiger charge is -2.20. The number of hydrogen-bond donors (Lipinski definition) is 0. The molecule has 1 aliphatic rings. The fourth-order valence-electron chi connectivity index (χ4n) is 2.09. The van der Waals surface area contributed by atoms with Crippen molar-refractivity contribution in [2.45, 2.75) is 65.2 Å². The van der Waals surface area contributed by atoms with Crippen LogP contribution >= 0.6 is 0 Å². The average molecular weight is 349 g/mol. The minimum atomic E-state index is -4.47. The van der Waals surface area contributed by atoms with Gasteiger partial charge >= 0.3 is 0 Å². The van der Waals surface area contributed by atoms with Crippen LogP contribution in [0.5, 0.6) is 0 Å². The van der Waals surface area contributed by atoms with Crippen molar-refractivity contribution in [1.82, 2.24) is 0 Å². The first-order chi connectivity index (χ1) is 10.8. The summed E-state index contributed by atoms with van der Waals surface area (Å²) in [7, 11) is -2.30. The summed E-state index contributed by atoms with van der Waals surface area (Å²) in [5.74, 6) is 0. The van der Waals surface area contributed by atoms with Crippen molar-refractivity contribution in [3.05, 3.63) is 12.4 Å². The first-order valence-corrected chi connectivity index (χ1v) is 9.83. The molecule has 0 aromatic carbocycles. The number of rotatable bonds is 11. The van der Waals surface area contributed by atoms with Gasteiger partial charge < -0.3 is 4.55 Å². The molecule has 1 rings (SSSR count). The molecule has 0 saturated carbocycles. The highest BCUT2D eigenvalue weighted by molar-refractivity contribution is 7.80. The lowest BCUT2D eigenvalue weighted by Crippen LogP contribution is -2.35. The van der Waals surface area contributed by atoms with E-state index >= 15 is 0 Å². The Hall–Kier alpha value is -0.760. The Morgan fingerprint density at radius 3 is 2.17 bits per heavy atom. The van der Waals surface area contributed by atoms with Crippen molar-refractivity contribution in [3.8, 4) is 0 Å². The van der Waals surface area contributed by atoms with Crippen molar-refractivity contribution < 1.29 is 21.6 Å². The number of nitrogens with zero attached hydrogens (tertiary/aromatic N) is 2. The standard InChI is InChI=1S/C8H15N2.C8H18O4S/c1-3-4-6-10(2)7-5-9-8-10;1-2-3-4-5-6-7-8-12-13(9,10)11/h5,7-8H,3-4,6H2,1-2H3;2-8H2,1H3,(H,9,10,11)/q+1;/p-1. The van der Waals surface area contributed by atoms with Crippen LogP contribution in [0.2, 0.25) is 0 Å². The molecular weight excluding hydrogens is 316 g/mol. The molecule has 0 aliphatic carbocycles. The minimum absolute atomic E-state index is 0.0258. The highest BCUT2D eigenvalue weighted by Crippen LogP contribution is 2.08. The van der Waals surface area contributed by atoms with Crippen LogP contribution in [-0.2, 0) is 14.6 Å². The average Bonchev–Trinajstić information content (AvgIpc) is 2.91. The van der Waals surface area contributed by atoms with Gasteiger partial charge in [-0.2, -0.15) is 0 Å². The van der Waals surface area contributed by atoms with Crippen LogP contribution in [0.1, 0.15) is 65.2 Å². The summed E-state index contributed by atoms with van der Waals surface area (Å²) in [6.45, 7) is 5.55. The summed E-state index contributed by atoms with van der Waals surface area (Å²) < 4.78 is 34.9. The predicted molar refractivity (Wildman–Crippen MR) is 92.6 cm³/mol. The number of hydrogen-bond acceptors (Lipinski definition) is 5. The third kappa shape index (κ3) is 14.6. The Morgan fingerprint density at radius 1 is 1.04 bits per heavy atom. The maximum Gasteiger partial charge on any atom is 0.217 e. The van der Waals surface area contributed by atoms with Crippen molar-refractivity contribution in [3.63, 3.8) is 0 Å². The van der Waals surface area contributed by atoms with Gasteiger partial charge in [-0.3, -0.25) is 8.67 Å². The van der Waals surface area contributed by atoms with E-state index in [1.807, 2.05) is 12.5 Å². The van der Waals surface area contributed by atoms with E-state index in [2.05, 4.69) is 36.3 Å². The molecule has 0 aromatic rings.